The van der Waals surface area contributed by atoms with Crippen LogP contribution < -0.4 is 10.1 Å². The summed E-state index contributed by atoms with van der Waals surface area (Å²) in [5, 5.41) is 14.5. The van der Waals surface area contributed by atoms with Crippen LogP contribution in [0.2, 0.25) is 5.02 Å². The van der Waals surface area contributed by atoms with Gasteiger partial charge in [0.05, 0.1) is 4.92 Å². The zero-order chi connectivity index (χ0) is 16.1. The molecule has 1 heterocycles. The average molecular weight is 328 g/mol. The molecule has 0 aromatic heterocycles. The van der Waals surface area contributed by atoms with Gasteiger partial charge in [0.2, 0.25) is 0 Å². The van der Waals surface area contributed by atoms with Gasteiger partial charge in [0.1, 0.15) is 0 Å². The smallest absolute Gasteiger partial charge is 0.312 e. The van der Waals surface area contributed by atoms with Crippen molar-refractivity contribution in [2.24, 2.45) is 0 Å². The Labute approximate surface area is 133 Å². The van der Waals surface area contributed by atoms with E-state index in [4.69, 9.17) is 16.3 Å². The lowest BCUT2D eigenvalue weighted by molar-refractivity contribution is -0.386. The minimum Gasteiger partial charge on any atom is -0.474 e. The Kier molecular flexibility index (Phi) is 5.57. The summed E-state index contributed by atoms with van der Waals surface area (Å²) >= 11 is 5.76. The third kappa shape index (κ3) is 4.08. The van der Waals surface area contributed by atoms with Crippen LogP contribution in [0.15, 0.2) is 18.2 Å². The molecule has 0 spiro atoms. The highest BCUT2D eigenvalue weighted by Gasteiger charge is 2.25. The van der Waals surface area contributed by atoms with Gasteiger partial charge in [-0.3, -0.25) is 14.9 Å². The Morgan fingerprint density at radius 2 is 2.23 bits per heavy atom. The average Bonchev–Trinajstić information content (AvgIpc) is 2.77. The van der Waals surface area contributed by atoms with Crippen molar-refractivity contribution in [3.8, 4) is 5.75 Å². The van der Waals surface area contributed by atoms with E-state index in [1.165, 1.54) is 18.2 Å². The Morgan fingerprint density at radius 3 is 2.95 bits per heavy atom. The normalized spacial score (nSPS) is 16.7. The molecule has 1 aliphatic heterocycles. The van der Waals surface area contributed by atoms with E-state index in [2.05, 4.69) is 5.32 Å². The van der Waals surface area contributed by atoms with Crippen molar-refractivity contribution < 1.29 is 14.5 Å². The fourth-order valence-electron chi connectivity index (χ4n) is 2.30. The van der Waals surface area contributed by atoms with Crippen molar-refractivity contribution in [1.82, 2.24) is 10.2 Å². The molecular weight excluding hydrogens is 310 g/mol. The van der Waals surface area contributed by atoms with E-state index in [0.717, 1.165) is 19.5 Å². The van der Waals surface area contributed by atoms with Crippen LogP contribution in [0.25, 0.3) is 0 Å². The van der Waals surface area contributed by atoms with Gasteiger partial charge in [-0.25, -0.2) is 0 Å². The van der Waals surface area contributed by atoms with Gasteiger partial charge >= 0.3 is 5.69 Å². The van der Waals surface area contributed by atoms with Crippen molar-refractivity contribution in [3.63, 3.8) is 0 Å². The van der Waals surface area contributed by atoms with E-state index in [0.29, 0.717) is 13.1 Å². The SMILES string of the molecule is CC(Oc1ccc(Cl)cc1[N+](=O)[O-])C(=O)N1CCCNCC1. The molecule has 1 N–H and O–H groups in total. The molecule has 1 saturated heterocycles. The molecule has 1 fully saturated rings. The number of nitro benzene ring substituents is 1. The molecule has 1 aromatic rings. The Morgan fingerprint density at radius 1 is 1.45 bits per heavy atom. The molecule has 7 nitrogen and oxygen atoms in total. The van der Waals surface area contributed by atoms with Crippen molar-refractivity contribution >= 4 is 23.2 Å². The molecule has 1 aliphatic rings. The maximum Gasteiger partial charge on any atom is 0.312 e. The highest BCUT2D eigenvalue weighted by atomic mass is 35.5. The first-order valence-corrected chi connectivity index (χ1v) is 7.47. The molecule has 0 bridgehead atoms. The molecule has 2 rings (SSSR count). The van der Waals surface area contributed by atoms with E-state index < -0.39 is 11.0 Å². The minimum absolute atomic E-state index is 0.0446. The van der Waals surface area contributed by atoms with Gasteiger partial charge in [-0.2, -0.15) is 0 Å². The zero-order valence-electron chi connectivity index (χ0n) is 12.3. The third-order valence-corrected chi connectivity index (χ3v) is 3.66. The second kappa shape index (κ2) is 7.42. The number of nitrogens with one attached hydrogen (secondary N) is 1. The molecule has 120 valence electrons. The van der Waals surface area contributed by atoms with Crippen molar-refractivity contribution in [3.05, 3.63) is 33.3 Å². The molecule has 0 aliphatic carbocycles. The number of hydrogen-bond donors (Lipinski definition) is 1. The van der Waals surface area contributed by atoms with Crippen LogP contribution in [0.4, 0.5) is 5.69 Å². The number of nitrogens with zero attached hydrogens (tertiary/aromatic N) is 2. The summed E-state index contributed by atoms with van der Waals surface area (Å²) in [7, 11) is 0. The predicted octanol–water partition coefficient (Wildman–Crippen LogP) is 1.84. The van der Waals surface area contributed by atoms with Crippen LogP contribution in [-0.2, 0) is 4.79 Å². The first-order valence-electron chi connectivity index (χ1n) is 7.09. The number of carbonyl (C=O) groups is 1. The Hall–Kier alpha value is -1.86. The summed E-state index contributed by atoms with van der Waals surface area (Å²) in [6, 6.07) is 4.12. The van der Waals surface area contributed by atoms with E-state index in [-0.39, 0.29) is 22.4 Å². The summed E-state index contributed by atoms with van der Waals surface area (Å²) < 4.78 is 5.51. The molecule has 1 unspecified atom stereocenters. The van der Waals surface area contributed by atoms with Crippen molar-refractivity contribution in [1.29, 1.82) is 0 Å². The van der Waals surface area contributed by atoms with Crippen LogP contribution in [0, 0.1) is 10.1 Å². The van der Waals surface area contributed by atoms with Gasteiger partial charge in [-0.1, -0.05) is 11.6 Å². The molecule has 1 atom stereocenters. The van der Waals surface area contributed by atoms with Gasteiger partial charge in [0, 0.05) is 30.7 Å². The molecule has 0 saturated carbocycles. The molecule has 0 radical (unpaired) electrons. The minimum atomic E-state index is -0.794. The molecular formula is C14H18ClN3O4. The molecule has 22 heavy (non-hydrogen) atoms. The largest absolute Gasteiger partial charge is 0.474 e. The van der Waals surface area contributed by atoms with Crippen LogP contribution in [-0.4, -0.2) is 48.0 Å². The van der Waals surface area contributed by atoms with Crippen LogP contribution in [0.3, 0.4) is 0 Å². The van der Waals surface area contributed by atoms with E-state index in [9.17, 15) is 14.9 Å². The van der Waals surface area contributed by atoms with Gasteiger partial charge in [-0.05, 0) is 32.0 Å². The number of hydrogen-bond acceptors (Lipinski definition) is 5. The topological polar surface area (TPSA) is 84.7 Å². The standard InChI is InChI=1S/C14H18ClN3O4/c1-10(14(19)17-7-2-5-16-6-8-17)22-13-4-3-11(15)9-12(13)18(20)21/h3-4,9-10,16H,2,5-8H2,1H3. The first-order chi connectivity index (χ1) is 10.5. The van der Waals surface area contributed by atoms with Crippen molar-refractivity contribution in [2.75, 3.05) is 26.2 Å². The highest BCUT2D eigenvalue weighted by molar-refractivity contribution is 6.30. The predicted molar refractivity (Wildman–Crippen MR) is 82.3 cm³/mol. The molecule has 8 heteroatoms. The van der Waals surface area contributed by atoms with E-state index >= 15 is 0 Å². The number of benzene rings is 1. The number of amides is 1. The maximum atomic E-state index is 12.4. The summed E-state index contributed by atoms with van der Waals surface area (Å²) in [5.41, 5.74) is -0.246. The van der Waals surface area contributed by atoms with Crippen LogP contribution in [0.1, 0.15) is 13.3 Å². The third-order valence-electron chi connectivity index (χ3n) is 3.42. The Balaban J connectivity index is 2.09. The van der Waals surface area contributed by atoms with Crippen molar-refractivity contribution in [2.45, 2.75) is 19.4 Å². The summed E-state index contributed by atoms with van der Waals surface area (Å²) in [5.74, 6) is -0.129. The number of rotatable bonds is 4. The fraction of sp³-hybridized carbons (Fsp3) is 0.500. The van der Waals surface area contributed by atoms with Gasteiger partial charge < -0.3 is 15.0 Å². The van der Waals surface area contributed by atoms with Crippen LogP contribution >= 0.6 is 11.6 Å². The lowest BCUT2D eigenvalue weighted by Gasteiger charge is -2.24. The number of nitro groups is 1. The summed E-state index contributed by atoms with van der Waals surface area (Å²) in [4.78, 5) is 24.6. The highest BCUT2D eigenvalue weighted by Crippen LogP contribution is 2.30. The number of carbonyl (C=O) groups excluding carboxylic acids is 1. The van der Waals surface area contributed by atoms with Crippen LogP contribution in [0.5, 0.6) is 5.75 Å². The molecule has 1 amide bonds. The quantitative estimate of drug-likeness (QED) is 0.673. The summed E-state index contributed by atoms with van der Waals surface area (Å²) in [6.07, 6.45) is 0.0810. The maximum absolute atomic E-state index is 12.4. The monoisotopic (exact) mass is 327 g/mol. The second-order valence-corrected chi connectivity index (χ2v) is 5.49. The first kappa shape index (κ1) is 16.5. The number of ether oxygens (including phenoxy) is 1. The van der Waals surface area contributed by atoms with E-state index in [1.54, 1.807) is 11.8 Å². The lowest BCUT2D eigenvalue weighted by atomic mass is 10.2. The lowest BCUT2D eigenvalue weighted by Crippen LogP contribution is -2.42. The number of halogens is 1. The Bertz CT molecular complexity index is 559. The zero-order valence-corrected chi connectivity index (χ0v) is 13.0. The van der Waals surface area contributed by atoms with Gasteiger partial charge in [0.15, 0.2) is 11.9 Å². The summed E-state index contributed by atoms with van der Waals surface area (Å²) in [6.45, 7) is 4.47. The van der Waals surface area contributed by atoms with E-state index in [1.807, 2.05) is 0 Å². The fourth-order valence-corrected chi connectivity index (χ4v) is 2.46. The van der Waals surface area contributed by atoms with Gasteiger partial charge in [-0.15, -0.1) is 0 Å². The second-order valence-electron chi connectivity index (χ2n) is 5.06. The van der Waals surface area contributed by atoms with Gasteiger partial charge in [0.25, 0.3) is 5.91 Å². The molecule has 1 aromatic carbocycles.